The summed E-state index contributed by atoms with van der Waals surface area (Å²) in [6.45, 7) is -0.383. The molecule has 0 saturated carbocycles. The summed E-state index contributed by atoms with van der Waals surface area (Å²) in [6, 6.07) is 0. The van der Waals surface area contributed by atoms with Crippen molar-refractivity contribution < 1.29 is 14.4 Å². The summed E-state index contributed by atoms with van der Waals surface area (Å²) < 4.78 is 0. The SMILES string of the molecule is NNC(=O)C(=O)NCC(N)=O. The third kappa shape index (κ3) is 3.87. The summed E-state index contributed by atoms with van der Waals surface area (Å²) in [7, 11) is 0. The van der Waals surface area contributed by atoms with Gasteiger partial charge in [-0.1, -0.05) is 0 Å². The molecule has 0 atom stereocenters. The first-order valence-corrected chi connectivity index (χ1v) is 2.65. The molecule has 0 fully saturated rings. The quantitative estimate of drug-likeness (QED) is 0.145. The van der Waals surface area contributed by atoms with E-state index < -0.39 is 17.7 Å². The molecule has 0 aliphatic carbocycles. The van der Waals surface area contributed by atoms with Crippen LogP contribution in [0.4, 0.5) is 0 Å². The van der Waals surface area contributed by atoms with Crippen LogP contribution in [0.15, 0.2) is 0 Å². The van der Waals surface area contributed by atoms with Crippen molar-refractivity contribution in [2.24, 2.45) is 11.6 Å². The van der Waals surface area contributed by atoms with Gasteiger partial charge in [0.15, 0.2) is 0 Å². The summed E-state index contributed by atoms with van der Waals surface area (Å²) in [5.74, 6) is 1.85. The van der Waals surface area contributed by atoms with E-state index in [4.69, 9.17) is 0 Å². The number of primary amides is 1. The van der Waals surface area contributed by atoms with Crippen molar-refractivity contribution in [3.05, 3.63) is 0 Å². The minimum atomic E-state index is -1.02. The van der Waals surface area contributed by atoms with Gasteiger partial charge in [0.1, 0.15) is 0 Å². The lowest BCUT2D eigenvalue weighted by Gasteiger charge is -1.99. The lowest BCUT2D eigenvalue weighted by Crippen LogP contribution is -2.45. The molecular weight excluding hydrogens is 152 g/mol. The fourth-order valence-corrected chi connectivity index (χ4v) is 0.313. The van der Waals surface area contributed by atoms with Crippen molar-refractivity contribution in [3.63, 3.8) is 0 Å². The minimum Gasteiger partial charge on any atom is -0.368 e. The number of rotatable bonds is 2. The van der Waals surface area contributed by atoms with E-state index in [1.807, 2.05) is 5.32 Å². The Bertz CT molecular complexity index is 190. The average Bonchev–Trinajstić information content (AvgIpc) is 1.98. The Labute approximate surface area is 62.1 Å². The lowest BCUT2D eigenvalue weighted by atomic mass is 10.5. The average molecular weight is 160 g/mol. The van der Waals surface area contributed by atoms with E-state index in [1.165, 1.54) is 0 Å². The van der Waals surface area contributed by atoms with Gasteiger partial charge in [-0.3, -0.25) is 19.8 Å². The number of carbonyl (C=O) groups excluding carboxylic acids is 3. The first-order valence-electron chi connectivity index (χ1n) is 2.65. The van der Waals surface area contributed by atoms with Crippen LogP contribution in [-0.4, -0.2) is 24.3 Å². The van der Waals surface area contributed by atoms with Crippen molar-refractivity contribution in [1.29, 1.82) is 0 Å². The summed E-state index contributed by atoms with van der Waals surface area (Å²) in [6.07, 6.45) is 0. The van der Waals surface area contributed by atoms with E-state index in [9.17, 15) is 14.4 Å². The van der Waals surface area contributed by atoms with Crippen LogP contribution in [0.25, 0.3) is 0 Å². The second kappa shape index (κ2) is 4.23. The molecule has 0 heterocycles. The van der Waals surface area contributed by atoms with Gasteiger partial charge < -0.3 is 11.1 Å². The molecule has 0 aliphatic heterocycles. The topological polar surface area (TPSA) is 127 Å². The van der Waals surface area contributed by atoms with E-state index in [1.54, 1.807) is 5.43 Å². The molecular formula is C4H8N4O3. The largest absolute Gasteiger partial charge is 0.368 e. The number of hydrogen-bond acceptors (Lipinski definition) is 4. The Balaban J connectivity index is 3.70. The fourth-order valence-electron chi connectivity index (χ4n) is 0.313. The maximum absolute atomic E-state index is 10.5. The molecule has 0 aromatic rings. The zero-order valence-electron chi connectivity index (χ0n) is 5.59. The highest BCUT2D eigenvalue weighted by atomic mass is 16.2. The van der Waals surface area contributed by atoms with Gasteiger partial charge in [0.05, 0.1) is 6.54 Å². The molecule has 11 heavy (non-hydrogen) atoms. The van der Waals surface area contributed by atoms with Gasteiger partial charge in [0.25, 0.3) is 0 Å². The number of hydrazine groups is 1. The third-order valence-corrected chi connectivity index (χ3v) is 0.760. The van der Waals surface area contributed by atoms with E-state index >= 15 is 0 Å². The van der Waals surface area contributed by atoms with Gasteiger partial charge in [-0.05, 0) is 0 Å². The second-order valence-electron chi connectivity index (χ2n) is 1.62. The number of carbonyl (C=O) groups is 3. The Morgan fingerprint density at radius 3 is 2.09 bits per heavy atom. The molecule has 7 heteroatoms. The fraction of sp³-hybridized carbons (Fsp3) is 0.250. The van der Waals surface area contributed by atoms with Gasteiger partial charge in [0, 0.05) is 0 Å². The molecule has 7 nitrogen and oxygen atoms in total. The maximum Gasteiger partial charge on any atom is 0.323 e. The van der Waals surface area contributed by atoms with Crippen LogP contribution in [0.2, 0.25) is 0 Å². The van der Waals surface area contributed by atoms with Crippen LogP contribution >= 0.6 is 0 Å². The summed E-state index contributed by atoms with van der Waals surface area (Å²) in [4.78, 5) is 30.9. The van der Waals surface area contributed by atoms with E-state index in [2.05, 4.69) is 11.6 Å². The second-order valence-corrected chi connectivity index (χ2v) is 1.62. The highest BCUT2D eigenvalue weighted by Crippen LogP contribution is 1.63. The molecule has 0 spiro atoms. The van der Waals surface area contributed by atoms with Crippen molar-refractivity contribution in [3.8, 4) is 0 Å². The highest BCUT2D eigenvalue weighted by molar-refractivity contribution is 6.35. The lowest BCUT2D eigenvalue weighted by molar-refractivity contribution is -0.139. The molecule has 0 aromatic heterocycles. The zero-order valence-corrected chi connectivity index (χ0v) is 5.59. The van der Waals surface area contributed by atoms with Crippen LogP contribution in [0.5, 0.6) is 0 Å². The van der Waals surface area contributed by atoms with E-state index in [-0.39, 0.29) is 6.54 Å². The van der Waals surface area contributed by atoms with Crippen LogP contribution in [0, 0.1) is 0 Å². The Kier molecular flexibility index (Phi) is 3.60. The van der Waals surface area contributed by atoms with Crippen molar-refractivity contribution in [2.45, 2.75) is 0 Å². The van der Waals surface area contributed by atoms with Gasteiger partial charge in [0.2, 0.25) is 5.91 Å². The van der Waals surface area contributed by atoms with Gasteiger partial charge in [-0.2, -0.15) is 0 Å². The van der Waals surface area contributed by atoms with Crippen molar-refractivity contribution in [2.75, 3.05) is 6.54 Å². The Hall–Kier alpha value is -1.63. The molecule has 6 N–H and O–H groups in total. The van der Waals surface area contributed by atoms with E-state index in [0.717, 1.165) is 0 Å². The third-order valence-electron chi connectivity index (χ3n) is 0.760. The first kappa shape index (κ1) is 9.37. The number of amides is 3. The minimum absolute atomic E-state index is 0.383. The Morgan fingerprint density at radius 1 is 1.18 bits per heavy atom. The normalized spacial score (nSPS) is 8.45. The summed E-state index contributed by atoms with van der Waals surface area (Å²) in [5, 5.41) is 1.93. The van der Waals surface area contributed by atoms with Crippen LogP contribution in [-0.2, 0) is 14.4 Å². The molecule has 0 aromatic carbocycles. The molecule has 62 valence electrons. The van der Waals surface area contributed by atoms with E-state index in [0.29, 0.717) is 0 Å². The molecule has 0 aliphatic rings. The van der Waals surface area contributed by atoms with Gasteiger partial charge in [-0.25, -0.2) is 5.84 Å². The molecule has 0 bridgehead atoms. The zero-order chi connectivity index (χ0) is 8.85. The maximum atomic E-state index is 10.5. The molecule has 0 unspecified atom stereocenters. The predicted molar refractivity (Wildman–Crippen MR) is 34.5 cm³/mol. The molecule has 0 rings (SSSR count). The van der Waals surface area contributed by atoms with Crippen molar-refractivity contribution >= 4 is 17.7 Å². The predicted octanol–water partition coefficient (Wildman–Crippen LogP) is -3.42. The Morgan fingerprint density at radius 2 is 1.73 bits per heavy atom. The summed E-state index contributed by atoms with van der Waals surface area (Å²) in [5.41, 5.74) is 6.25. The standard InChI is InChI=1S/C4H8N4O3/c5-2(9)1-7-3(10)4(11)8-6/h1,6H2,(H2,5,9)(H,7,10)(H,8,11). The monoisotopic (exact) mass is 160 g/mol. The van der Waals surface area contributed by atoms with Crippen LogP contribution in [0.3, 0.4) is 0 Å². The first-order chi connectivity index (χ1) is 5.07. The smallest absolute Gasteiger partial charge is 0.323 e. The highest BCUT2D eigenvalue weighted by Gasteiger charge is 2.10. The van der Waals surface area contributed by atoms with Gasteiger partial charge in [-0.15, -0.1) is 0 Å². The van der Waals surface area contributed by atoms with Crippen molar-refractivity contribution in [1.82, 2.24) is 10.7 Å². The molecule has 0 saturated heterocycles. The van der Waals surface area contributed by atoms with Crippen LogP contribution in [0.1, 0.15) is 0 Å². The number of nitrogens with one attached hydrogen (secondary N) is 2. The summed E-state index contributed by atoms with van der Waals surface area (Å²) >= 11 is 0. The number of hydrogen-bond donors (Lipinski definition) is 4. The van der Waals surface area contributed by atoms with Crippen LogP contribution < -0.4 is 22.3 Å². The molecule has 0 radical (unpaired) electrons. The number of nitrogens with two attached hydrogens (primary N) is 2. The molecule has 3 amide bonds. The van der Waals surface area contributed by atoms with Gasteiger partial charge >= 0.3 is 11.8 Å².